The van der Waals surface area contributed by atoms with Crippen LogP contribution in [0.2, 0.25) is 0 Å². The quantitative estimate of drug-likeness (QED) is 0.125. The van der Waals surface area contributed by atoms with Crippen LogP contribution in [0.4, 0.5) is 0 Å². The van der Waals surface area contributed by atoms with Gasteiger partial charge in [-0.15, -0.1) is 0 Å². The fraction of sp³-hybridized carbons (Fsp3) is 0.333. The van der Waals surface area contributed by atoms with Crippen LogP contribution in [0.3, 0.4) is 0 Å². The van der Waals surface area contributed by atoms with Crippen molar-refractivity contribution in [1.82, 2.24) is 0 Å². The molecule has 0 unspecified atom stereocenters. The van der Waals surface area contributed by atoms with Gasteiger partial charge >= 0.3 is 11.9 Å². The Morgan fingerprint density at radius 3 is 1.89 bits per heavy atom. The standard InChI is InChI=1S/C39H38O8/c1-26(40)45-25-39-34-32(21-33(43-23-28-13-7-3-8-14-28)36(34)44-24-29-15-9-4-10-16-29)35(37(39)47-39)46-38(41)30-17-19-31(20-18-30)42-22-27-11-5-2-6-12-27/h2-20,32-37H,21-25H2,1H3/t32-,33-,34-,35-,36-,37-,39+/m1/s1. The SMILES string of the molecule is CC(=O)OC[C@@]12O[C@@H]1[C@H](OC(=O)c1ccc(OCc3ccccc3)cc1)[C@@H]1C[C@@H](OCc3ccccc3)[C@@H](OCc3ccccc3)[C@@H]12. The molecule has 2 aliphatic carbocycles. The van der Waals surface area contributed by atoms with Gasteiger partial charge < -0.3 is 28.4 Å². The van der Waals surface area contributed by atoms with Crippen LogP contribution in [-0.4, -0.2) is 48.6 Å². The molecule has 3 aliphatic rings. The molecule has 7 rings (SSSR count). The van der Waals surface area contributed by atoms with Gasteiger partial charge in [0.25, 0.3) is 0 Å². The van der Waals surface area contributed by atoms with Crippen LogP contribution in [0.1, 0.15) is 40.4 Å². The highest BCUT2D eigenvalue weighted by Crippen LogP contribution is 2.64. The molecule has 1 heterocycles. The van der Waals surface area contributed by atoms with Gasteiger partial charge in [-0.2, -0.15) is 0 Å². The Morgan fingerprint density at radius 1 is 0.723 bits per heavy atom. The van der Waals surface area contributed by atoms with Gasteiger partial charge in [-0.3, -0.25) is 4.79 Å². The second kappa shape index (κ2) is 13.7. The van der Waals surface area contributed by atoms with E-state index in [9.17, 15) is 9.59 Å². The lowest BCUT2D eigenvalue weighted by atomic mass is 9.88. The Balaban J connectivity index is 1.09. The summed E-state index contributed by atoms with van der Waals surface area (Å²) in [5, 5.41) is 0. The maximum Gasteiger partial charge on any atom is 0.338 e. The van der Waals surface area contributed by atoms with Gasteiger partial charge in [-0.25, -0.2) is 4.79 Å². The van der Waals surface area contributed by atoms with E-state index < -0.39 is 29.7 Å². The minimum absolute atomic E-state index is 0.0618. The highest BCUT2D eigenvalue weighted by Gasteiger charge is 2.79. The zero-order chi connectivity index (χ0) is 32.2. The van der Waals surface area contributed by atoms with Crippen LogP contribution in [0.5, 0.6) is 5.75 Å². The van der Waals surface area contributed by atoms with E-state index in [0.29, 0.717) is 37.6 Å². The first-order valence-electron chi connectivity index (χ1n) is 16.1. The first kappa shape index (κ1) is 31.1. The first-order valence-corrected chi connectivity index (χ1v) is 16.1. The summed E-state index contributed by atoms with van der Waals surface area (Å²) in [5.74, 6) is -0.495. The molecule has 4 aromatic carbocycles. The number of benzene rings is 4. The van der Waals surface area contributed by atoms with Crippen LogP contribution in [0, 0.1) is 11.8 Å². The average Bonchev–Trinajstić information content (AvgIpc) is 3.63. The molecule has 47 heavy (non-hydrogen) atoms. The largest absolute Gasteiger partial charge is 0.489 e. The second-order valence-electron chi connectivity index (χ2n) is 12.5. The third-order valence-electron chi connectivity index (χ3n) is 9.42. The van der Waals surface area contributed by atoms with Crippen molar-refractivity contribution in [1.29, 1.82) is 0 Å². The number of fused-ring (bicyclic) bond motifs is 3. The predicted octanol–water partition coefficient (Wildman–Crippen LogP) is 6.31. The lowest BCUT2D eigenvalue weighted by Crippen LogP contribution is -2.41. The summed E-state index contributed by atoms with van der Waals surface area (Å²) in [4.78, 5) is 25.5. The first-order chi connectivity index (χ1) is 23.0. The molecule has 0 spiro atoms. The number of hydrogen-bond donors (Lipinski definition) is 0. The van der Waals surface area contributed by atoms with E-state index >= 15 is 0 Å². The van der Waals surface area contributed by atoms with Gasteiger partial charge in [0.15, 0.2) is 0 Å². The summed E-state index contributed by atoms with van der Waals surface area (Å²) in [7, 11) is 0. The minimum Gasteiger partial charge on any atom is -0.489 e. The molecule has 0 aromatic heterocycles. The summed E-state index contributed by atoms with van der Waals surface area (Å²) < 4.78 is 37.2. The summed E-state index contributed by atoms with van der Waals surface area (Å²) >= 11 is 0. The molecule has 242 valence electrons. The van der Waals surface area contributed by atoms with Crippen molar-refractivity contribution in [2.45, 2.75) is 63.2 Å². The number of carbonyl (C=O) groups excluding carboxylic acids is 2. The van der Waals surface area contributed by atoms with E-state index in [0.717, 1.165) is 16.7 Å². The summed E-state index contributed by atoms with van der Waals surface area (Å²) in [6.45, 7) is 2.68. The Labute approximate surface area is 274 Å². The predicted molar refractivity (Wildman–Crippen MR) is 172 cm³/mol. The number of hydrogen-bond acceptors (Lipinski definition) is 8. The molecule has 2 saturated carbocycles. The third kappa shape index (κ3) is 6.81. The summed E-state index contributed by atoms with van der Waals surface area (Å²) in [5.41, 5.74) is 2.75. The normalized spacial score (nSPS) is 27.0. The minimum atomic E-state index is -0.817. The number of epoxide rings is 1. The van der Waals surface area contributed by atoms with Gasteiger partial charge in [0.1, 0.15) is 36.8 Å². The highest BCUT2D eigenvalue weighted by atomic mass is 16.7. The molecular formula is C39H38O8. The van der Waals surface area contributed by atoms with Crippen LogP contribution in [0.15, 0.2) is 115 Å². The number of carbonyl (C=O) groups is 2. The van der Waals surface area contributed by atoms with Crippen LogP contribution >= 0.6 is 0 Å². The topological polar surface area (TPSA) is 92.8 Å². The average molecular weight is 635 g/mol. The van der Waals surface area contributed by atoms with E-state index in [2.05, 4.69) is 0 Å². The molecule has 0 N–H and O–H groups in total. The fourth-order valence-corrected chi connectivity index (χ4v) is 7.16. The molecule has 7 atom stereocenters. The highest BCUT2D eigenvalue weighted by molar-refractivity contribution is 5.89. The van der Waals surface area contributed by atoms with E-state index in [1.807, 2.05) is 91.0 Å². The second-order valence-corrected chi connectivity index (χ2v) is 12.5. The summed E-state index contributed by atoms with van der Waals surface area (Å²) in [6.07, 6.45) is -0.995. The van der Waals surface area contributed by atoms with Crippen molar-refractivity contribution >= 4 is 11.9 Å². The zero-order valence-corrected chi connectivity index (χ0v) is 26.2. The lowest BCUT2D eigenvalue weighted by Gasteiger charge is -2.29. The van der Waals surface area contributed by atoms with Crippen molar-refractivity contribution in [3.8, 4) is 5.75 Å². The van der Waals surface area contributed by atoms with Crippen molar-refractivity contribution in [3.05, 3.63) is 138 Å². The number of rotatable bonds is 13. The van der Waals surface area contributed by atoms with Gasteiger partial charge in [-0.05, 0) is 47.4 Å². The maximum absolute atomic E-state index is 13.5. The van der Waals surface area contributed by atoms with Gasteiger partial charge in [0.2, 0.25) is 0 Å². The van der Waals surface area contributed by atoms with Crippen LogP contribution in [-0.2, 0) is 48.3 Å². The van der Waals surface area contributed by atoms with Crippen LogP contribution < -0.4 is 4.74 Å². The molecule has 0 amide bonds. The van der Waals surface area contributed by atoms with Gasteiger partial charge in [0.05, 0.1) is 31.0 Å². The van der Waals surface area contributed by atoms with Crippen LogP contribution in [0.25, 0.3) is 0 Å². The van der Waals surface area contributed by atoms with Crippen molar-refractivity contribution in [2.75, 3.05) is 6.61 Å². The maximum atomic E-state index is 13.5. The third-order valence-corrected chi connectivity index (χ3v) is 9.42. The number of ether oxygens (including phenoxy) is 6. The van der Waals surface area contributed by atoms with Gasteiger partial charge in [-0.1, -0.05) is 91.0 Å². The lowest BCUT2D eigenvalue weighted by molar-refractivity contribution is -0.146. The van der Waals surface area contributed by atoms with Crippen molar-refractivity contribution < 1.29 is 38.0 Å². The Bertz CT molecular complexity index is 1650. The molecule has 4 aromatic rings. The Morgan fingerprint density at radius 2 is 1.30 bits per heavy atom. The Kier molecular flexibility index (Phi) is 9.07. The molecule has 1 saturated heterocycles. The van der Waals surface area contributed by atoms with E-state index in [4.69, 9.17) is 28.4 Å². The van der Waals surface area contributed by atoms with Gasteiger partial charge in [0, 0.05) is 18.8 Å². The van der Waals surface area contributed by atoms with E-state index in [1.165, 1.54) is 6.92 Å². The molecule has 8 heteroatoms. The van der Waals surface area contributed by atoms with Crippen molar-refractivity contribution in [2.24, 2.45) is 11.8 Å². The summed E-state index contributed by atoms with van der Waals surface area (Å²) in [6, 6.07) is 36.8. The van der Waals surface area contributed by atoms with Crippen molar-refractivity contribution in [3.63, 3.8) is 0 Å². The molecule has 8 nitrogen and oxygen atoms in total. The fourth-order valence-electron chi connectivity index (χ4n) is 7.16. The molecule has 0 radical (unpaired) electrons. The molecule has 1 aliphatic heterocycles. The molecule has 0 bridgehead atoms. The molecular weight excluding hydrogens is 596 g/mol. The van der Waals surface area contributed by atoms with E-state index in [1.54, 1.807) is 24.3 Å². The monoisotopic (exact) mass is 634 g/mol. The smallest absolute Gasteiger partial charge is 0.338 e. The molecule has 3 fully saturated rings. The Hall–Kier alpha value is -4.50. The van der Waals surface area contributed by atoms with E-state index in [-0.39, 0.29) is 30.7 Å². The zero-order valence-electron chi connectivity index (χ0n) is 26.2. The number of esters is 2.